The van der Waals surface area contributed by atoms with Gasteiger partial charge in [0.1, 0.15) is 0 Å². The van der Waals surface area contributed by atoms with Crippen LogP contribution in [0.3, 0.4) is 0 Å². The van der Waals surface area contributed by atoms with Crippen LogP contribution in [0.4, 0.5) is 0 Å². The molecule has 1 aromatic carbocycles. The third-order valence-electron chi connectivity index (χ3n) is 1.58. The molecule has 0 bridgehead atoms. The topological polar surface area (TPSA) is 54.4 Å². The number of carboxylic acid groups (broad SMARTS) is 1. The second-order valence-corrected chi connectivity index (χ2v) is 3.00. The summed E-state index contributed by atoms with van der Waals surface area (Å²) in [6.45, 7) is 0. The first kappa shape index (κ1) is 10.5. The number of carbonyl (C=O) groups is 2. The van der Waals surface area contributed by atoms with Crippen LogP contribution in [0.1, 0.15) is 15.9 Å². The molecule has 0 heterocycles. The van der Waals surface area contributed by atoms with Gasteiger partial charge in [-0.05, 0) is 29.8 Å². The molecule has 4 heteroatoms. The minimum Gasteiger partial charge on any atom is -0.478 e. The second-order valence-electron chi connectivity index (χ2n) is 2.56. The molecule has 0 saturated carbocycles. The van der Waals surface area contributed by atoms with Gasteiger partial charge in [0.25, 0.3) is 0 Å². The quantitative estimate of drug-likeness (QED) is 0.615. The molecule has 0 aromatic heterocycles. The van der Waals surface area contributed by atoms with Crippen molar-refractivity contribution in [2.45, 2.75) is 0 Å². The summed E-state index contributed by atoms with van der Waals surface area (Å²) >= 11 is 5.69. The zero-order chi connectivity index (χ0) is 10.6. The van der Waals surface area contributed by atoms with E-state index >= 15 is 0 Å². The average molecular weight is 211 g/mol. The fourth-order valence-electron chi connectivity index (χ4n) is 0.958. The number of hydrogen-bond donors (Lipinski definition) is 1. The van der Waals surface area contributed by atoms with Crippen molar-refractivity contribution in [1.82, 2.24) is 0 Å². The molecule has 14 heavy (non-hydrogen) atoms. The molecule has 0 aliphatic carbocycles. The summed E-state index contributed by atoms with van der Waals surface area (Å²) in [5.41, 5.74) is 0.904. The molecule has 0 fully saturated rings. The number of carbonyl (C=O) groups excluding carboxylic acids is 1. The first-order valence-corrected chi connectivity index (χ1v) is 4.17. The summed E-state index contributed by atoms with van der Waals surface area (Å²) in [5.74, 6) is -1.07. The SMILES string of the molecule is O=Cc1ccc(Cl)cc1C=CC(=O)O. The smallest absolute Gasteiger partial charge is 0.328 e. The largest absolute Gasteiger partial charge is 0.478 e. The number of halogens is 1. The standard InChI is InChI=1S/C10H7ClO3/c11-9-3-1-8(6-12)7(5-9)2-4-10(13)14/h1-6H,(H,13,14). The van der Waals surface area contributed by atoms with Crippen LogP contribution in [0.2, 0.25) is 5.02 Å². The monoisotopic (exact) mass is 210 g/mol. The third-order valence-corrected chi connectivity index (χ3v) is 1.82. The zero-order valence-electron chi connectivity index (χ0n) is 7.11. The molecule has 0 aliphatic heterocycles. The molecule has 0 atom stereocenters. The van der Waals surface area contributed by atoms with Gasteiger partial charge in [0.2, 0.25) is 0 Å². The van der Waals surface area contributed by atoms with Crippen molar-refractivity contribution in [1.29, 1.82) is 0 Å². The molecule has 1 N–H and O–H groups in total. The Hall–Kier alpha value is -1.61. The van der Waals surface area contributed by atoms with Gasteiger partial charge in [-0.3, -0.25) is 4.79 Å². The van der Waals surface area contributed by atoms with Crippen LogP contribution >= 0.6 is 11.6 Å². The molecule has 0 spiro atoms. The van der Waals surface area contributed by atoms with Crippen molar-refractivity contribution < 1.29 is 14.7 Å². The van der Waals surface area contributed by atoms with E-state index in [-0.39, 0.29) is 0 Å². The summed E-state index contributed by atoms with van der Waals surface area (Å²) in [4.78, 5) is 20.8. The van der Waals surface area contributed by atoms with Crippen molar-refractivity contribution >= 4 is 29.9 Å². The van der Waals surface area contributed by atoms with E-state index in [1.807, 2.05) is 0 Å². The Balaban J connectivity index is 3.10. The van der Waals surface area contributed by atoms with Gasteiger partial charge in [-0.1, -0.05) is 11.6 Å². The molecule has 0 radical (unpaired) electrons. The molecule has 3 nitrogen and oxygen atoms in total. The van der Waals surface area contributed by atoms with E-state index in [2.05, 4.69) is 0 Å². The number of benzene rings is 1. The summed E-state index contributed by atoms with van der Waals surface area (Å²) in [5, 5.41) is 8.86. The van der Waals surface area contributed by atoms with Crippen molar-refractivity contribution in [2.75, 3.05) is 0 Å². The minimum absolute atomic E-state index is 0.409. The van der Waals surface area contributed by atoms with E-state index in [9.17, 15) is 9.59 Å². The van der Waals surface area contributed by atoms with Crippen molar-refractivity contribution in [3.05, 3.63) is 40.4 Å². The summed E-state index contributed by atoms with van der Waals surface area (Å²) < 4.78 is 0. The first-order chi connectivity index (χ1) is 6.63. The molecule has 0 unspecified atom stereocenters. The van der Waals surface area contributed by atoms with Gasteiger partial charge in [-0.15, -0.1) is 0 Å². The van der Waals surface area contributed by atoms with Gasteiger partial charge in [0, 0.05) is 16.7 Å². The Labute approximate surface area is 85.6 Å². The van der Waals surface area contributed by atoms with Gasteiger partial charge in [0.05, 0.1) is 0 Å². The lowest BCUT2D eigenvalue weighted by molar-refractivity contribution is -0.131. The van der Waals surface area contributed by atoms with Gasteiger partial charge in [-0.25, -0.2) is 4.79 Å². The minimum atomic E-state index is -1.07. The number of carboxylic acids is 1. The van der Waals surface area contributed by atoms with Crippen LogP contribution in [-0.2, 0) is 4.79 Å². The summed E-state index contributed by atoms with van der Waals surface area (Å²) in [6, 6.07) is 4.64. The van der Waals surface area contributed by atoms with E-state index < -0.39 is 5.97 Å². The summed E-state index contributed by atoms with van der Waals surface area (Å²) in [6.07, 6.45) is 2.94. The van der Waals surface area contributed by atoms with Gasteiger partial charge in [0.15, 0.2) is 6.29 Å². The highest BCUT2D eigenvalue weighted by Crippen LogP contribution is 2.16. The molecule has 0 aliphatic rings. The fourth-order valence-corrected chi connectivity index (χ4v) is 1.14. The number of aliphatic carboxylic acids is 1. The maximum absolute atomic E-state index is 10.6. The molecule has 1 aromatic rings. The molecule has 0 amide bonds. The predicted molar refractivity (Wildman–Crippen MR) is 53.5 cm³/mol. The molecule has 1 rings (SSSR count). The number of rotatable bonds is 3. The zero-order valence-corrected chi connectivity index (χ0v) is 7.86. The highest BCUT2D eigenvalue weighted by atomic mass is 35.5. The lowest BCUT2D eigenvalue weighted by Gasteiger charge is -1.98. The molecular formula is C10H7ClO3. The Kier molecular flexibility index (Phi) is 3.42. The first-order valence-electron chi connectivity index (χ1n) is 3.79. The maximum atomic E-state index is 10.6. The number of aldehydes is 1. The molecule has 0 saturated heterocycles. The Bertz CT molecular complexity index is 396. The van der Waals surface area contributed by atoms with Crippen molar-refractivity contribution in [3.8, 4) is 0 Å². The third kappa shape index (κ3) is 2.71. The van der Waals surface area contributed by atoms with Crippen LogP contribution in [0, 0.1) is 0 Å². The summed E-state index contributed by atoms with van der Waals surface area (Å²) in [7, 11) is 0. The van der Waals surface area contributed by atoms with Gasteiger partial charge in [-0.2, -0.15) is 0 Å². The Morgan fingerprint density at radius 3 is 2.64 bits per heavy atom. The van der Waals surface area contributed by atoms with Crippen LogP contribution in [0.15, 0.2) is 24.3 Å². The number of hydrogen-bond acceptors (Lipinski definition) is 2. The lowest BCUT2D eigenvalue weighted by atomic mass is 10.1. The predicted octanol–water partition coefficient (Wildman–Crippen LogP) is 2.25. The highest BCUT2D eigenvalue weighted by Gasteiger charge is 1.99. The highest BCUT2D eigenvalue weighted by molar-refractivity contribution is 6.30. The second kappa shape index (κ2) is 4.58. The van der Waals surface area contributed by atoms with E-state index in [1.54, 1.807) is 6.07 Å². The molecule has 72 valence electrons. The van der Waals surface area contributed by atoms with Crippen LogP contribution in [0.25, 0.3) is 6.08 Å². The van der Waals surface area contributed by atoms with Crippen LogP contribution in [0.5, 0.6) is 0 Å². The van der Waals surface area contributed by atoms with Gasteiger partial charge < -0.3 is 5.11 Å². The van der Waals surface area contributed by atoms with E-state index in [0.29, 0.717) is 22.4 Å². The van der Waals surface area contributed by atoms with Crippen molar-refractivity contribution in [2.24, 2.45) is 0 Å². The Morgan fingerprint density at radius 2 is 2.07 bits per heavy atom. The lowest BCUT2D eigenvalue weighted by Crippen LogP contribution is -1.89. The van der Waals surface area contributed by atoms with Gasteiger partial charge >= 0.3 is 5.97 Å². The normalized spacial score (nSPS) is 10.4. The maximum Gasteiger partial charge on any atom is 0.328 e. The van der Waals surface area contributed by atoms with Crippen LogP contribution in [-0.4, -0.2) is 17.4 Å². The average Bonchev–Trinajstić information content (AvgIpc) is 2.15. The molecular weight excluding hydrogens is 204 g/mol. The Morgan fingerprint density at radius 1 is 1.36 bits per heavy atom. The van der Waals surface area contributed by atoms with E-state index in [1.165, 1.54) is 18.2 Å². The fraction of sp³-hybridized carbons (Fsp3) is 0. The van der Waals surface area contributed by atoms with E-state index in [0.717, 1.165) is 6.08 Å². The van der Waals surface area contributed by atoms with Crippen LogP contribution < -0.4 is 0 Å². The van der Waals surface area contributed by atoms with Crippen molar-refractivity contribution in [3.63, 3.8) is 0 Å². The van der Waals surface area contributed by atoms with E-state index in [4.69, 9.17) is 16.7 Å².